The van der Waals surface area contributed by atoms with Crippen LogP contribution in [-0.2, 0) is 25.5 Å². The molecular weight excluding hydrogens is 296 g/mol. The molecule has 0 aliphatic heterocycles. The maximum atomic E-state index is 11.8. The molecule has 6 nitrogen and oxygen atoms in total. The molecule has 0 aliphatic carbocycles. The summed E-state index contributed by atoms with van der Waals surface area (Å²) in [6.07, 6.45) is 3.21. The zero-order valence-electron chi connectivity index (χ0n) is 13.7. The molecule has 2 N–H and O–H groups in total. The van der Waals surface area contributed by atoms with Crippen LogP contribution in [0.1, 0.15) is 38.2 Å². The van der Waals surface area contributed by atoms with Crippen LogP contribution in [0.3, 0.4) is 0 Å². The topological polar surface area (TPSA) is 84.5 Å². The molecule has 0 fully saturated rings. The Balaban J connectivity index is 2.18. The molecule has 0 aliphatic rings. The lowest BCUT2D eigenvalue weighted by atomic mass is 10.1. The number of nitrogens with one attached hydrogen (secondary N) is 2. The number of carbonyl (C=O) groups is 3. The Kier molecular flexibility index (Phi) is 8.42. The predicted molar refractivity (Wildman–Crippen MR) is 87.9 cm³/mol. The van der Waals surface area contributed by atoms with E-state index in [2.05, 4.69) is 15.4 Å². The summed E-state index contributed by atoms with van der Waals surface area (Å²) >= 11 is 0. The smallest absolute Gasteiger partial charge is 0.305 e. The molecule has 0 unspecified atom stereocenters. The van der Waals surface area contributed by atoms with Crippen LogP contribution in [0.15, 0.2) is 24.3 Å². The van der Waals surface area contributed by atoms with Crippen molar-refractivity contribution in [2.45, 2.75) is 39.0 Å². The van der Waals surface area contributed by atoms with Gasteiger partial charge in [0.05, 0.1) is 13.5 Å². The van der Waals surface area contributed by atoms with Crippen molar-refractivity contribution in [3.05, 3.63) is 29.8 Å². The van der Waals surface area contributed by atoms with Gasteiger partial charge in [-0.2, -0.15) is 0 Å². The first-order valence-corrected chi connectivity index (χ1v) is 7.71. The minimum absolute atomic E-state index is 0.0368. The van der Waals surface area contributed by atoms with Crippen LogP contribution in [0, 0.1) is 0 Å². The Morgan fingerprint density at radius 3 is 2.35 bits per heavy atom. The molecule has 0 saturated carbocycles. The van der Waals surface area contributed by atoms with Crippen LogP contribution in [0.25, 0.3) is 0 Å². The van der Waals surface area contributed by atoms with Gasteiger partial charge in [0.25, 0.3) is 0 Å². The molecule has 1 rings (SSSR count). The predicted octanol–water partition coefficient (Wildman–Crippen LogP) is 2.04. The molecule has 0 radical (unpaired) electrons. The number of anilines is 1. The fraction of sp³-hybridized carbons (Fsp3) is 0.471. The summed E-state index contributed by atoms with van der Waals surface area (Å²) in [5.74, 6) is -0.357. The number of hydrogen-bond donors (Lipinski definition) is 2. The van der Waals surface area contributed by atoms with Crippen molar-refractivity contribution in [3.8, 4) is 0 Å². The van der Waals surface area contributed by atoms with Gasteiger partial charge in [-0.3, -0.25) is 14.4 Å². The Hall–Kier alpha value is -2.37. The Bertz CT molecular complexity index is 526. The SMILES string of the molecule is COC(=O)CCCCCNC(=O)Cc1ccc(NC(C)=O)cc1. The van der Waals surface area contributed by atoms with Crippen molar-refractivity contribution in [1.82, 2.24) is 5.32 Å². The molecule has 0 heterocycles. The highest BCUT2D eigenvalue weighted by atomic mass is 16.5. The number of hydrogen-bond acceptors (Lipinski definition) is 4. The van der Waals surface area contributed by atoms with Crippen LogP contribution in [-0.4, -0.2) is 31.4 Å². The first-order valence-electron chi connectivity index (χ1n) is 7.71. The van der Waals surface area contributed by atoms with E-state index in [9.17, 15) is 14.4 Å². The monoisotopic (exact) mass is 320 g/mol. The number of unbranched alkanes of at least 4 members (excludes halogenated alkanes) is 2. The highest BCUT2D eigenvalue weighted by Gasteiger charge is 2.04. The van der Waals surface area contributed by atoms with Crippen molar-refractivity contribution in [2.24, 2.45) is 0 Å². The average Bonchev–Trinajstić information content (AvgIpc) is 2.51. The van der Waals surface area contributed by atoms with E-state index in [0.717, 1.165) is 24.8 Å². The van der Waals surface area contributed by atoms with E-state index in [1.54, 1.807) is 12.1 Å². The molecule has 6 heteroatoms. The van der Waals surface area contributed by atoms with Crippen molar-refractivity contribution < 1.29 is 19.1 Å². The summed E-state index contributed by atoms with van der Waals surface area (Å²) in [4.78, 5) is 33.7. The highest BCUT2D eigenvalue weighted by molar-refractivity contribution is 5.88. The average molecular weight is 320 g/mol. The van der Waals surface area contributed by atoms with Crippen molar-refractivity contribution in [2.75, 3.05) is 19.0 Å². The maximum Gasteiger partial charge on any atom is 0.305 e. The van der Waals surface area contributed by atoms with Gasteiger partial charge in [-0.05, 0) is 30.5 Å². The van der Waals surface area contributed by atoms with E-state index in [1.807, 2.05) is 12.1 Å². The molecule has 0 atom stereocenters. The van der Waals surface area contributed by atoms with Gasteiger partial charge in [-0.25, -0.2) is 0 Å². The molecule has 0 aromatic heterocycles. The molecule has 0 bridgehead atoms. The fourth-order valence-corrected chi connectivity index (χ4v) is 2.06. The number of amides is 2. The second kappa shape index (κ2) is 10.4. The molecule has 126 valence electrons. The summed E-state index contributed by atoms with van der Waals surface area (Å²) in [7, 11) is 1.38. The molecule has 0 spiro atoms. The van der Waals surface area contributed by atoms with Crippen LogP contribution < -0.4 is 10.6 Å². The van der Waals surface area contributed by atoms with E-state index in [1.165, 1.54) is 14.0 Å². The van der Waals surface area contributed by atoms with Gasteiger partial charge in [0.15, 0.2) is 0 Å². The first-order chi connectivity index (χ1) is 11.0. The van der Waals surface area contributed by atoms with Crippen molar-refractivity contribution in [3.63, 3.8) is 0 Å². The molecular formula is C17H24N2O4. The second-order valence-corrected chi connectivity index (χ2v) is 5.29. The lowest BCUT2D eigenvalue weighted by molar-refractivity contribution is -0.140. The number of methoxy groups -OCH3 is 1. The third-order valence-electron chi connectivity index (χ3n) is 3.25. The molecule has 1 aromatic carbocycles. The minimum atomic E-state index is -0.197. The van der Waals surface area contributed by atoms with Gasteiger partial charge in [0.1, 0.15) is 0 Å². The number of carbonyl (C=O) groups excluding carboxylic acids is 3. The van der Waals surface area contributed by atoms with Crippen molar-refractivity contribution in [1.29, 1.82) is 0 Å². The second-order valence-electron chi connectivity index (χ2n) is 5.29. The quantitative estimate of drug-likeness (QED) is 0.538. The highest BCUT2D eigenvalue weighted by Crippen LogP contribution is 2.10. The van der Waals surface area contributed by atoms with Crippen LogP contribution >= 0.6 is 0 Å². The number of rotatable bonds is 9. The van der Waals surface area contributed by atoms with Gasteiger partial charge >= 0.3 is 5.97 Å². The zero-order valence-corrected chi connectivity index (χ0v) is 13.7. The standard InChI is InChI=1S/C17H24N2O4/c1-13(20)19-15-9-7-14(8-10-15)12-16(21)18-11-5-3-4-6-17(22)23-2/h7-10H,3-6,11-12H2,1-2H3,(H,18,21)(H,19,20). The van der Waals surface area contributed by atoms with Gasteiger partial charge in [0, 0.05) is 25.6 Å². The van der Waals surface area contributed by atoms with E-state index in [-0.39, 0.29) is 17.8 Å². The Morgan fingerprint density at radius 1 is 1.04 bits per heavy atom. The molecule has 2 amide bonds. The van der Waals surface area contributed by atoms with Gasteiger partial charge in [-0.1, -0.05) is 18.6 Å². The van der Waals surface area contributed by atoms with E-state index in [0.29, 0.717) is 25.1 Å². The van der Waals surface area contributed by atoms with E-state index < -0.39 is 0 Å². The third kappa shape index (κ3) is 8.60. The summed E-state index contributed by atoms with van der Waals surface area (Å²) in [5.41, 5.74) is 1.61. The molecule has 1 aromatic rings. The summed E-state index contributed by atoms with van der Waals surface area (Å²) < 4.78 is 4.56. The lowest BCUT2D eigenvalue weighted by Crippen LogP contribution is -2.26. The van der Waals surface area contributed by atoms with Crippen LogP contribution in [0.2, 0.25) is 0 Å². The van der Waals surface area contributed by atoms with Gasteiger partial charge in [0.2, 0.25) is 11.8 Å². The summed E-state index contributed by atoms with van der Waals surface area (Å²) in [6, 6.07) is 7.19. The number of esters is 1. The van der Waals surface area contributed by atoms with E-state index in [4.69, 9.17) is 0 Å². The molecule has 23 heavy (non-hydrogen) atoms. The van der Waals surface area contributed by atoms with E-state index >= 15 is 0 Å². The fourth-order valence-electron chi connectivity index (χ4n) is 2.06. The van der Waals surface area contributed by atoms with Gasteiger partial charge in [-0.15, -0.1) is 0 Å². The Morgan fingerprint density at radius 2 is 1.74 bits per heavy atom. The third-order valence-corrected chi connectivity index (χ3v) is 3.25. The van der Waals surface area contributed by atoms with Crippen LogP contribution in [0.5, 0.6) is 0 Å². The summed E-state index contributed by atoms with van der Waals surface area (Å²) in [5, 5.41) is 5.53. The lowest BCUT2D eigenvalue weighted by Gasteiger charge is -2.06. The van der Waals surface area contributed by atoms with Crippen LogP contribution in [0.4, 0.5) is 5.69 Å². The Labute approximate surface area is 136 Å². The first kappa shape index (κ1) is 18.7. The number of benzene rings is 1. The normalized spacial score (nSPS) is 10.0. The zero-order chi connectivity index (χ0) is 17.1. The molecule has 0 saturated heterocycles. The maximum absolute atomic E-state index is 11.8. The van der Waals surface area contributed by atoms with Crippen molar-refractivity contribution >= 4 is 23.5 Å². The largest absolute Gasteiger partial charge is 0.469 e. The summed E-state index contributed by atoms with van der Waals surface area (Å²) in [6.45, 7) is 2.05. The minimum Gasteiger partial charge on any atom is -0.469 e. The number of ether oxygens (including phenoxy) is 1. The van der Waals surface area contributed by atoms with Gasteiger partial charge < -0.3 is 15.4 Å².